The first-order valence-electron chi connectivity index (χ1n) is 6.03. The summed E-state index contributed by atoms with van der Waals surface area (Å²) in [5.74, 6) is -0.00310. The fraction of sp³-hybridized carbons (Fsp3) is 0.200. The molecule has 0 saturated heterocycles. The third-order valence-corrected chi connectivity index (χ3v) is 3.84. The molecule has 0 saturated carbocycles. The van der Waals surface area contributed by atoms with Gasteiger partial charge in [0.05, 0.1) is 6.54 Å². The van der Waals surface area contributed by atoms with Gasteiger partial charge in [0.25, 0.3) is 0 Å². The molecular formula is C15H16N2OS. The number of aryl methyl sites for hydroxylation is 1. The topological polar surface area (TPSA) is 33.2 Å². The molecule has 2 aromatic rings. The Morgan fingerprint density at radius 3 is 2.95 bits per heavy atom. The van der Waals surface area contributed by atoms with Crippen LogP contribution in [0.15, 0.2) is 42.0 Å². The van der Waals surface area contributed by atoms with Gasteiger partial charge in [0.15, 0.2) is 0 Å². The van der Waals surface area contributed by atoms with Crippen molar-refractivity contribution >= 4 is 23.3 Å². The van der Waals surface area contributed by atoms with Crippen molar-refractivity contribution in [3.8, 4) is 0 Å². The van der Waals surface area contributed by atoms with Crippen LogP contribution in [-0.2, 0) is 11.3 Å². The first-order chi connectivity index (χ1) is 9.16. The van der Waals surface area contributed by atoms with Crippen molar-refractivity contribution in [2.75, 3.05) is 7.05 Å². The minimum atomic E-state index is -0.00310. The van der Waals surface area contributed by atoms with Gasteiger partial charge in [0.1, 0.15) is 0 Å². The van der Waals surface area contributed by atoms with Gasteiger partial charge in [-0.25, -0.2) is 0 Å². The van der Waals surface area contributed by atoms with E-state index in [1.54, 1.807) is 40.8 Å². The molecule has 2 heterocycles. The average molecular weight is 272 g/mol. The molecule has 98 valence electrons. The normalized spacial score (nSPS) is 10.8. The second-order valence-electron chi connectivity index (χ2n) is 4.34. The fourth-order valence-corrected chi connectivity index (χ4v) is 2.59. The maximum Gasteiger partial charge on any atom is 0.246 e. The molecule has 4 heteroatoms. The third-order valence-electron chi connectivity index (χ3n) is 2.83. The lowest BCUT2D eigenvalue weighted by atomic mass is 10.2. The van der Waals surface area contributed by atoms with E-state index in [4.69, 9.17) is 0 Å². The van der Waals surface area contributed by atoms with Gasteiger partial charge >= 0.3 is 0 Å². The molecule has 0 spiro atoms. The minimum Gasteiger partial charge on any atom is -0.337 e. The summed E-state index contributed by atoms with van der Waals surface area (Å²) in [6.45, 7) is 2.72. The van der Waals surface area contributed by atoms with Crippen LogP contribution < -0.4 is 0 Å². The van der Waals surface area contributed by atoms with Gasteiger partial charge in [-0.3, -0.25) is 9.78 Å². The molecule has 19 heavy (non-hydrogen) atoms. The van der Waals surface area contributed by atoms with E-state index in [0.717, 1.165) is 5.56 Å². The molecule has 0 bridgehead atoms. The Kier molecular flexibility index (Phi) is 4.47. The Balaban J connectivity index is 1.96. The number of thiophene rings is 1. The molecule has 2 aromatic heterocycles. The number of rotatable bonds is 4. The average Bonchev–Trinajstić information content (AvgIpc) is 2.82. The van der Waals surface area contributed by atoms with Crippen LogP contribution in [-0.4, -0.2) is 22.8 Å². The van der Waals surface area contributed by atoms with Crippen LogP contribution in [0.1, 0.15) is 16.0 Å². The molecule has 0 N–H and O–H groups in total. The van der Waals surface area contributed by atoms with Crippen molar-refractivity contribution in [2.24, 2.45) is 0 Å². The van der Waals surface area contributed by atoms with Crippen LogP contribution in [0, 0.1) is 6.92 Å². The summed E-state index contributed by atoms with van der Waals surface area (Å²) in [7, 11) is 1.81. The van der Waals surface area contributed by atoms with Crippen molar-refractivity contribution in [2.45, 2.75) is 13.5 Å². The monoisotopic (exact) mass is 272 g/mol. The van der Waals surface area contributed by atoms with Crippen molar-refractivity contribution in [3.05, 3.63) is 58.1 Å². The minimum absolute atomic E-state index is 0.00310. The smallest absolute Gasteiger partial charge is 0.246 e. The molecule has 1 amide bonds. The van der Waals surface area contributed by atoms with E-state index in [1.807, 2.05) is 19.2 Å². The number of nitrogens with zero attached hydrogens (tertiary/aromatic N) is 2. The Bertz CT molecular complexity index is 575. The Morgan fingerprint density at radius 2 is 2.32 bits per heavy atom. The zero-order valence-electron chi connectivity index (χ0n) is 11.0. The van der Waals surface area contributed by atoms with E-state index in [9.17, 15) is 4.79 Å². The second-order valence-corrected chi connectivity index (χ2v) is 5.34. The summed E-state index contributed by atoms with van der Waals surface area (Å²) in [5.41, 5.74) is 2.16. The zero-order chi connectivity index (χ0) is 13.7. The first-order valence-corrected chi connectivity index (χ1v) is 6.91. The molecular weight excluding hydrogens is 256 g/mol. The van der Waals surface area contributed by atoms with Crippen molar-refractivity contribution in [3.63, 3.8) is 0 Å². The van der Waals surface area contributed by atoms with Gasteiger partial charge in [0, 0.05) is 30.4 Å². The van der Waals surface area contributed by atoms with E-state index < -0.39 is 0 Å². The fourth-order valence-electron chi connectivity index (χ4n) is 1.63. The first kappa shape index (κ1) is 13.5. The number of carbonyl (C=O) groups is 1. The number of aromatic nitrogens is 1. The molecule has 0 aliphatic rings. The highest BCUT2D eigenvalue weighted by molar-refractivity contribution is 7.10. The van der Waals surface area contributed by atoms with Crippen LogP contribution in [0.25, 0.3) is 6.08 Å². The molecule has 0 aliphatic heterocycles. The maximum atomic E-state index is 12.0. The highest BCUT2D eigenvalue weighted by atomic mass is 32.1. The van der Waals surface area contributed by atoms with Gasteiger partial charge in [0.2, 0.25) is 5.91 Å². The molecule has 0 radical (unpaired) electrons. The molecule has 0 aliphatic carbocycles. The van der Waals surface area contributed by atoms with Crippen molar-refractivity contribution in [1.82, 2.24) is 9.88 Å². The summed E-state index contributed by atoms with van der Waals surface area (Å²) >= 11 is 1.68. The largest absolute Gasteiger partial charge is 0.337 e. The number of hydrogen-bond donors (Lipinski definition) is 0. The highest BCUT2D eigenvalue weighted by Gasteiger charge is 2.08. The van der Waals surface area contributed by atoms with Gasteiger partial charge in [-0.05, 0) is 41.6 Å². The molecule has 3 nitrogen and oxygen atoms in total. The molecule has 0 unspecified atom stereocenters. The van der Waals surface area contributed by atoms with Gasteiger partial charge in [-0.15, -0.1) is 11.3 Å². The predicted molar refractivity (Wildman–Crippen MR) is 78.8 cm³/mol. The third kappa shape index (κ3) is 3.76. The standard InChI is InChI=1S/C15H16N2OS/c1-12-7-9-19-14(12)11-17(2)15(18)6-5-13-4-3-8-16-10-13/h3-10H,11H2,1-2H3/b6-5+. The number of hydrogen-bond acceptors (Lipinski definition) is 3. The van der Waals surface area contributed by atoms with Crippen LogP contribution in [0.4, 0.5) is 0 Å². The molecule has 0 fully saturated rings. The summed E-state index contributed by atoms with van der Waals surface area (Å²) < 4.78 is 0. The van der Waals surface area contributed by atoms with Crippen LogP contribution in [0.2, 0.25) is 0 Å². The maximum absolute atomic E-state index is 12.0. The Morgan fingerprint density at radius 1 is 1.47 bits per heavy atom. The SMILES string of the molecule is Cc1ccsc1CN(C)C(=O)/C=C/c1cccnc1. The van der Waals surface area contributed by atoms with Crippen molar-refractivity contribution in [1.29, 1.82) is 0 Å². The van der Waals surface area contributed by atoms with E-state index in [1.165, 1.54) is 10.4 Å². The summed E-state index contributed by atoms with van der Waals surface area (Å²) in [4.78, 5) is 18.9. The van der Waals surface area contributed by atoms with Crippen LogP contribution >= 0.6 is 11.3 Å². The van der Waals surface area contributed by atoms with Gasteiger partial charge in [-0.2, -0.15) is 0 Å². The van der Waals surface area contributed by atoms with E-state index >= 15 is 0 Å². The molecule has 2 rings (SSSR count). The van der Waals surface area contributed by atoms with Gasteiger partial charge in [-0.1, -0.05) is 6.07 Å². The predicted octanol–water partition coefficient (Wildman–Crippen LogP) is 3.12. The van der Waals surface area contributed by atoms with E-state index in [2.05, 4.69) is 23.4 Å². The summed E-state index contributed by atoms with van der Waals surface area (Å²) in [6.07, 6.45) is 6.81. The quantitative estimate of drug-likeness (QED) is 0.801. The number of likely N-dealkylation sites (N-methyl/N-ethyl adjacent to an activating group) is 1. The van der Waals surface area contributed by atoms with Gasteiger partial charge < -0.3 is 4.90 Å². The highest BCUT2D eigenvalue weighted by Crippen LogP contribution is 2.17. The number of carbonyl (C=O) groups excluding carboxylic acids is 1. The van der Waals surface area contributed by atoms with Crippen molar-refractivity contribution < 1.29 is 4.79 Å². The van der Waals surface area contributed by atoms with E-state index in [0.29, 0.717) is 6.54 Å². The lowest BCUT2D eigenvalue weighted by Crippen LogP contribution is -2.23. The summed E-state index contributed by atoms with van der Waals surface area (Å²) in [5, 5.41) is 2.05. The Hall–Kier alpha value is -1.94. The van der Waals surface area contributed by atoms with Crippen LogP contribution in [0.3, 0.4) is 0 Å². The Labute approximate surface area is 117 Å². The lowest BCUT2D eigenvalue weighted by Gasteiger charge is -2.14. The number of amides is 1. The summed E-state index contributed by atoms with van der Waals surface area (Å²) in [6, 6.07) is 5.84. The number of pyridine rings is 1. The molecule has 0 atom stereocenters. The zero-order valence-corrected chi connectivity index (χ0v) is 11.9. The van der Waals surface area contributed by atoms with Crippen LogP contribution in [0.5, 0.6) is 0 Å². The second kappa shape index (κ2) is 6.29. The molecule has 0 aromatic carbocycles. The lowest BCUT2D eigenvalue weighted by molar-refractivity contribution is -0.125. The van der Waals surface area contributed by atoms with E-state index in [-0.39, 0.29) is 5.91 Å².